The van der Waals surface area contributed by atoms with Crippen LogP contribution < -0.4 is 30.2 Å². The maximum absolute atomic E-state index is 14.2. The van der Waals surface area contributed by atoms with Crippen molar-refractivity contribution in [3.8, 4) is 17.2 Å². The van der Waals surface area contributed by atoms with E-state index in [9.17, 15) is 4.39 Å². The van der Waals surface area contributed by atoms with E-state index < -0.39 is 5.82 Å². The van der Waals surface area contributed by atoms with E-state index in [0.717, 1.165) is 31.7 Å². The van der Waals surface area contributed by atoms with Crippen molar-refractivity contribution in [3.05, 3.63) is 42.2 Å². The Morgan fingerprint density at radius 1 is 1.00 bits per heavy atom. The van der Waals surface area contributed by atoms with Crippen LogP contribution in [0.3, 0.4) is 0 Å². The van der Waals surface area contributed by atoms with Gasteiger partial charge in [-0.05, 0) is 50.2 Å². The van der Waals surface area contributed by atoms with Crippen LogP contribution in [0.25, 0.3) is 0 Å². The molecular formula is C24H28FN7O3. The Morgan fingerprint density at radius 3 is 2.46 bits per heavy atom. The molecule has 0 spiro atoms. The van der Waals surface area contributed by atoms with Gasteiger partial charge in [-0.25, -0.2) is 4.39 Å². The average molecular weight is 482 g/mol. The topological polar surface area (TPSA) is 106 Å². The Labute approximate surface area is 202 Å². The van der Waals surface area contributed by atoms with Gasteiger partial charge in [0.1, 0.15) is 0 Å². The molecule has 35 heavy (non-hydrogen) atoms. The van der Waals surface area contributed by atoms with E-state index in [1.165, 1.54) is 19.6 Å². The lowest BCUT2D eigenvalue weighted by Gasteiger charge is -2.23. The number of rotatable bonds is 9. The molecule has 184 valence electrons. The number of aromatic nitrogens is 3. The van der Waals surface area contributed by atoms with Gasteiger partial charge >= 0.3 is 0 Å². The molecule has 0 radical (unpaired) electrons. The number of likely N-dealkylation sites (tertiary alicyclic amines) is 1. The zero-order valence-electron chi connectivity index (χ0n) is 19.7. The van der Waals surface area contributed by atoms with Crippen molar-refractivity contribution in [3.63, 3.8) is 0 Å². The third kappa shape index (κ3) is 5.29. The molecule has 2 aliphatic rings. The average Bonchev–Trinajstić information content (AvgIpc) is 3.51. The summed E-state index contributed by atoms with van der Waals surface area (Å²) in [6.07, 6.45) is 2.31. The number of likely N-dealkylation sites (N-methyl/N-ethyl adjacent to an activating group) is 1. The normalized spacial score (nSPS) is 16.8. The maximum atomic E-state index is 14.2. The Bertz CT molecular complexity index is 1200. The van der Waals surface area contributed by atoms with Crippen LogP contribution >= 0.6 is 0 Å². The second kappa shape index (κ2) is 10.2. The van der Waals surface area contributed by atoms with Gasteiger partial charge < -0.3 is 30.2 Å². The molecule has 2 aromatic carbocycles. The Kier molecular flexibility index (Phi) is 6.66. The number of hydrogen-bond donors (Lipinski definition) is 3. The lowest BCUT2D eigenvalue weighted by molar-refractivity contribution is 0.174. The molecule has 3 aromatic rings. The van der Waals surface area contributed by atoms with Crippen LogP contribution in [0.2, 0.25) is 0 Å². The second-order valence-corrected chi connectivity index (χ2v) is 8.28. The zero-order chi connectivity index (χ0) is 24.2. The molecule has 0 bridgehead atoms. The molecule has 1 fully saturated rings. The number of fused-ring (bicyclic) bond motifs is 1. The first-order valence-corrected chi connectivity index (χ1v) is 11.6. The van der Waals surface area contributed by atoms with Crippen LogP contribution in [0.5, 0.6) is 17.2 Å². The zero-order valence-corrected chi connectivity index (χ0v) is 19.7. The Morgan fingerprint density at radius 2 is 1.71 bits per heavy atom. The highest BCUT2D eigenvalue weighted by molar-refractivity contribution is 5.63. The Balaban J connectivity index is 1.38. The summed E-state index contributed by atoms with van der Waals surface area (Å²) in [4.78, 5) is 16.0. The molecule has 1 saturated heterocycles. The number of anilines is 5. The first-order chi connectivity index (χ1) is 17.1. The van der Waals surface area contributed by atoms with Gasteiger partial charge in [0.15, 0.2) is 23.1 Å². The van der Waals surface area contributed by atoms with Crippen LogP contribution in [0.15, 0.2) is 36.4 Å². The van der Waals surface area contributed by atoms with Gasteiger partial charge in [-0.3, -0.25) is 4.90 Å². The second-order valence-electron chi connectivity index (χ2n) is 8.28. The summed E-state index contributed by atoms with van der Waals surface area (Å²) in [6.45, 7) is 5.20. The van der Waals surface area contributed by atoms with Crippen LogP contribution in [-0.2, 0) is 0 Å². The van der Waals surface area contributed by atoms with Gasteiger partial charge in [0, 0.05) is 36.1 Å². The summed E-state index contributed by atoms with van der Waals surface area (Å²) in [5, 5.41) is 9.61. The predicted octanol–water partition coefficient (Wildman–Crippen LogP) is 4.13. The van der Waals surface area contributed by atoms with Crippen molar-refractivity contribution in [2.75, 3.05) is 49.5 Å². The van der Waals surface area contributed by atoms with Gasteiger partial charge in [0.05, 0.1) is 7.11 Å². The summed E-state index contributed by atoms with van der Waals surface area (Å²) in [5.74, 6) is 2.04. The summed E-state index contributed by atoms with van der Waals surface area (Å²) in [7, 11) is 1.42. The largest absolute Gasteiger partial charge is 0.494 e. The van der Waals surface area contributed by atoms with Crippen LogP contribution in [0.1, 0.15) is 19.8 Å². The van der Waals surface area contributed by atoms with Gasteiger partial charge in [0.2, 0.25) is 24.6 Å². The third-order valence-electron chi connectivity index (χ3n) is 6.07. The monoisotopic (exact) mass is 481 g/mol. The summed E-state index contributed by atoms with van der Waals surface area (Å²) in [6, 6.07) is 10.5. The fraction of sp³-hybridized carbons (Fsp3) is 0.375. The standard InChI is InChI=1S/C24H28FN7O3/c1-3-32-10-4-5-17(32)13-26-22-29-23(27-15-6-8-19(33-2)18(25)11-15)31-24(30-22)28-16-7-9-20-21(12-16)35-14-34-20/h6-9,11-12,17H,3-5,10,13-14H2,1-2H3,(H3,26,27,28,29,30,31). The van der Waals surface area contributed by atoms with E-state index in [0.29, 0.717) is 35.1 Å². The molecular weight excluding hydrogens is 453 g/mol. The molecule has 11 heteroatoms. The smallest absolute Gasteiger partial charge is 0.233 e. The van der Waals surface area contributed by atoms with Crippen molar-refractivity contribution in [1.82, 2.24) is 19.9 Å². The van der Waals surface area contributed by atoms with E-state index >= 15 is 0 Å². The molecule has 5 rings (SSSR count). The highest BCUT2D eigenvalue weighted by Crippen LogP contribution is 2.35. The molecule has 1 unspecified atom stereocenters. The number of nitrogens with zero attached hydrogens (tertiary/aromatic N) is 4. The third-order valence-corrected chi connectivity index (χ3v) is 6.07. The van der Waals surface area contributed by atoms with Gasteiger partial charge in [0.25, 0.3) is 0 Å². The molecule has 1 aromatic heterocycles. The Hall–Kier alpha value is -3.86. The molecule has 0 aliphatic carbocycles. The highest BCUT2D eigenvalue weighted by Gasteiger charge is 2.23. The van der Waals surface area contributed by atoms with Crippen molar-refractivity contribution in [2.45, 2.75) is 25.8 Å². The fourth-order valence-electron chi connectivity index (χ4n) is 4.30. The lowest BCUT2D eigenvalue weighted by atomic mass is 10.2. The summed E-state index contributed by atoms with van der Waals surface area (Å²) < 4.78 is 30.0. The van der Waals surface area contributed by atoms with E-state index in [2.05, 4.69) is 42.7 Å². The van der Waals surface area contributed by atoms with Gasteiger partial charge in [-0.15, -0.1) is 0 Å². The van der Waals surface area contributed by atoms with Gasteiger partial charge in [-0.1, -0.05) is 6.92 Å². The summed E-state index contributed by atoms with van der Waals surface area (Å²) in [5.41, 5.74) is 1.23. The molecule has 1 atom stereocenters. The first kappa shape index (κ1) is 22.9. The number of nitrogens with one attached hydrogen (secondary N) is 3. The minimum absolute atomic E-state index is 0.163. The van der Waals surface area contributed by atoms with Gasteiger partial charge in [-0.2, -0.15) is 15.0 Å². The number of ether oxygens (including phenoxy) is 3. The SMILES string of the molecule is CCN1CCCC1CNc1nc(Nc2ccc(OC)c(F)c2)nc(Nc2ccc3c(c2)OCO3)n1. The van der Waals surface area contributed by atoms with E-state index in [1.54, 1.807) is 12.1 Å². The van der Waals surface area contributed by atoms with Crippen molar-refractivity contribution in [2.24, 2.45) is 0 Å². The molecule has 0 saturated carbocycles. The van der Waals surface area contributed by atoms with E-state index in [4.69, 9.17) is 14.2 Å². The summed E-state index contributed by atoms with van der Waals surface area (Å²) >= 11 is 0. The molecule has 3 N–H and O–H groups in total. The van der Waals surface area contributed by atoms with Crippen molar-refractivity contribution < 1.29 is 18.6 Å². The predicted molar refractivity (Wildman–Crippen MR) is 131 cm³/mol. The molecule has 10 nitrogen and oxygen atoms in total. The lowest BCUT2D eigenvalue weighted by Crippen LogP contribution is -2.35. The first-order valence-electron chi connectivity index (χ1n) is 11.6. The number of halogens is 1. The minimum Gasteiger partial charge on any atom is -0.494 e. The molecule has 3 heterocycles. The number of methoxy groups -OCH3 is 1. The van der Waals surface area contributed by atoms with Crippen molar-refractivity contribution in [1.29, 1.82) is 0 Å². The number of hydrogen-bond acceptors (Lipinski definition) is 10. The molecule has 0 amide bonds. The molecule has 2 aliphatic heterocycles. The highest BCUT2D eigenvalue weighted by atomic mass is 19.1. The van der Waals surface area contributed by atoms with Crippen LogP contribution in [-0.4, -0.2) is 59.4 Å². The fourth-order valence-corrected chi connectivity index (χ4v) is 4.30. The van der Waals surface area contributed by atoms with Crippen LogP contribution in [0.4, 0.5) is 33.6 Å². The minimum atomic E-state index is -0.482. The number of benzene rings is 2. The van der Waals surface area contributed by atoms with E-state index in [1.807, 2.05) is 18.2 Å². The van der Waals surface area contributed by atoms with Crippen molar-refractivity contribution >= 4 is 29.2 Å². The van der Waals surface area contributed by atoms with Crippen LogP contribution in [0, 0.1) is 5.82 Å². The van der Waals surface area contributed by atoms with E-state index in [-0.39, 0.29) is 18.5 Å². The quantitative estimate of drug-likeness (QED) is 0.413. The maximum Gasteiger partial charge on any atom is 0.233 e.